The summed E-state index contributed by atoms with van der Waals surface area (Å²) in [5.74, 6) is 0.190. The largest absolute Gasteiger partial charge is 0.493 e. The molecule has 0 fully saturated rings. The normalized spacial score (nSPS) is 10.7. The Hall–Kier alpha value is -4.19. The van der Waals surface area contributed by atoms with Crippen molar-refractivity contribution < 1.29 is 23.6 Å². The fourth-order valence-corrected chi connectivity index (χ4v) is 3.75. The van der Waals surface area contributed by atoms with Crippen LogP contribution in [0.5, 0.6) is 11.5 Å². The number of nitro groups is 1. The number of rotatable bonds is 7. The summed E-state index contributed by atoms with van der Waals surface area (Å²) in [7, 11) is 3.12. The number of amides is 1. The van der Waals surface area contributed by atoms with Crippen LogP contribution in [-0.2, 0) is 0 Å². The number of aromatic nitrogens is 3. The van der Waals surface area contributed by atoms with Gasteiger partial charge in [0.1, 0.15) is 10.7 Å². The topological polar surface area (TPSA) is 135 Å². The molecule has 3 aromatic heterocycles. The predicted octanol–water partition coefficient (Wildman–Crippen LogP) is 4.07. The summed E-state index contributed by atoms with van der Waals surface area (Å²) in [6.45, 7) is 1.77. The minimum absolute atomic E-state index is 0.188. The van der Waals surface area contributed by atoms with Gasteiger partial charge in [0.25, 0.3) is 5.91 Å². The highest BCUT2D eigenvalue weighted by atomic mass is 32.1. The molecule has 1 aromatic carbocycles. The van der Waals surface area contributed by atoms with Gasteiger partial charge in [0.15, 0.2) is 17.3 Å². The highest BCUT2D eigenvalue weighted by Gasteiger charge is 2.20. The molecule has 32 heavy (non-hydrogen) atoms. The molecule has 0 aliphatic carbocycles. The molecule has 11 nitrogen and oxygen atoms in total. The van der Waals surface area contributed by atoms with Crippen LogP contribution in [0.3, 0.4) is 0 Å². The van der Waals surface area contributed by atoms with Gasteiger partial charge in [0, 0.05) is 17.0 Å². The van der Waals surface area contributed by atoms with E-state index in [2.05, 4.69) is 15.4 Å². The number of hydrogen-bond acceptors (Lipinski definition) is 9. The van der Waals surface area contributed by atoms with Crippen molar-refractivity contribution in [3.63, 3.8) is 0 Å². The van der Waals surface area contributed by atoms with Gasteiger partial charge in [0.05, 0.1) is 31.7 Å². The Morgan fingerprint density at radius 2 is 1.97 bits per heavy atom. The Bertz CT molecular complexity index is 1310. The third-order valence-corrected chi connectivity index (χ3v) is 5.24. The number of methoxy groups -OCH3 is 2. The van der Waals surface area contributed by atoms with Gasteiger partial charge in [-0.25, -0.2) is 4.98 Å². The standard InChI is InChI=1S/C20H17N5O6S/c1-11-8-17(22-19(26)15-6-7-18(31-15)25(27)28)24(23-11)20-21-13(10-32-20)12-4-5-14(29-2)16(9-12)30-3/h4-10H,1-3H3,(H,22,26). The van der Waals surface area contributed by atoms with Crippen LogP contribution in [0.15, 0.2) is 46.2 Å². The molecular weight excluding hydrogens is 438 g/mol. The molecule has 0 saturated heterocycles. The van der Waals surface area contributed by atoms with E-state index in [0.717, 1.165) is 11.6 Å². The molecule has 0 radical (unpaired) electrons. The van der Waals surface area contributed by atoms with E-state index < -0.39 is 16.7 Å². The van der Waals surface area contributed by atoms with E-state index in [-0.39, 0.29) is 5.76 Å². The van der Waals surface area contributed by atoms with Gasteiger partial charge in [-0.1, -0.05) is 0 Å². The fourth-order valence-electron chi connectivity index (χ4n) is 2.95. The molecule has 0 aliphatic rings. The van der Waals surface area contributed by atoms with E-state index in [4.69, 9.17) is 13.9 Å². The van der Waals surface area contributed by atoms with Crippen molar-refractivity contribution in [1.82, 2.24) is 14.8 Å². The predicted molar refractivity (Wildman–Crippen MR) is 116 cm³/mol. The number of anilines is 1. The van der Waals surface area contributed by atoms with Crippen LogP contribution in [0.1, 0.15) is 16.2 Å². The number of furan rings is 1. The van der Waals surface area contributed by atoms with Crippen molar-refractivity contribution in [3.05, 3.63) is 63.3 Å². The number of carbonyl (C=O) groups is 1. The lowest BCUT2D eigenvalue weighted by atomic mass is 10.1. The molecule has 0 atom stereocenters. The summed E-state index contributed by atoms with van der Waals surface area (Å²) in [6.07, 6.45) is 0. The zero-order valence-electron chi connectivity index (χ0n) is 17.2. The molecule has 164 valence electrons. The maximum atomic E-state index is 12.5. The number of aryl methyl sites for hydroxylation is 1. The van der Waals surface area contributed by atoms with Crippen LogP contribution in [0.2, 0.25) is 0 Å². The van der Waals surface area contributed by atoms with E-state index in [9.17, 15) is 14.9 Å². The zero-order valence-corrected chi connectivity index (χ0v) is 18.0. The summed E-state index contributed by atoms with van der Waals surface area (Å²) < 4.78 is 17.1. The van der Waals surface area contributed by atoms with Gasteiger partial charge in [-0.3, -0.25) is 14.9 Å². The molecule has 12 heteroatoms. The quantitative estimate of drug-likeness (QED) is 0.325. The minimum atomic E-state index is -0.712. The third-order valence-electron chi connectivity index (χ3n) is 4.42. The van der Waals surface area contributed by atoms with Gasteiger partial charge in [0.2, 0.25) is 5.13 Å². The van der Waals surface area contributed by atoms with Crippen molar-refractivity contribution >= 4 is 28.9 Å². The molecule has 4 rings (SSSR count). The number of nitrogens with zero attached hydrogens (tertiary/aromatic N) is 4. The Kier molecular flexibility index (Phi) is 5.60. The molecule has 0 aliphatic heterocycles. The summed E-state index contributed by atoms with van der Waals surface area (Å²) in [4.78, 5) is 27.2. The van der Waals surface area contributed by atoms with Crippen LogP contribution in [0.25, 0.3) is 16.4 Å². The number of hydrogen-bond donors (Lipinski definition) is 1. The molecule has 1 N–H and O–H groups in total. The number of ether oxygens (including phenoxy) is 2. The summed E-state index contributed by atoms with van der Waals surface area (Å²) in [5.41, 5.74) is 2.16. The van der Waals surface area contributed by atoms with Gasteiger partial charge in [-0.15, -0.1) is 11.3 Å². The molecule has 0 bridgehead atoms. The Labute approximate surface area is 185 Å². The van der Waals surface area contributed by atoms with Crippen LogP contribution in [0, 0.1) is 17.0 Å². The van der Waals surface area contributed by atoms with Crippen molar-refractivity contribution in [2.75, 3.05) is 19.5 Å². The first-order chi connectivity index (χ1) is 15.4. The van der Waals surface area contributed by atoms with E-state index in [1.807, 2.05) is 17.5 Å². The van der Waals surface area contributed by atoms with Crippen molar-refractivity contribution in [3.8, 4) is 27.9 Å². The van der Waals surface area contributed by atoms with Gasteiger partial charge in [-0.2, -0.15) is 9.78 Å². The van der Waals surface area contributed by atoms with E-state index in [0.29, 0.717) is 33.8 Å². The lowest BCUT2D eigenvalue weighted by Gasteiger charge is -2.08. The first-order valence-electron chi connectivity index (χ1n) is 9.20. The Morgan fingerprint density at radius 1 is 1.19 bits per heavy atom. The van der Waals surface area contributed by atoms with Crippen molar-refractivity contribution in [2.24, 2.45) is 0 Å². The van der Waals surface area contributed by atoms with Gasteiger partial charge < -0.3 is 19.2 Å². The number of thiazole rings is 1. The highest BCUT2D eigenvalue weighted by Crippen LogP contribution is 2.33. The highest BCUT2D eigenvalue weighted by molar-refractivity contribution is 7.12. The lowest BCUT2D eigenvalue weighted by molar-refractivity contribution is -0.402. The maximum absolute atomic E-state index is 12.5. The molecule has 1 amide bonds. The second kappa shape index (κ2) is 8.51. The molecular formula is C20H17N5O6S. The first-order valence-corrected chi connectivity index (χ1v) is 10.1. The SMILES string of the molecule is COc1ccc(-c2csc(-n3nc(C)cc3NC(=O)c3ccc([N+](=O)[O-])o3)n2)cc1OC. The summed E-state index contributed by atoms with van der Waals surface area (Å²) >= 11 is 1.33. The number of nitrogens with one attached hydrogen (secondary N) is 1. The molecule has 0 unspecified atom stereocenters. The van der Waals surface area contributed by atoms with Crippen LogP contribution in [0.4, 0.5) is 11.7 Å². The maximum Gasteiger partial charge on any atom is 0.433 e. The Balaban J connectivity index is 1.61. The van der Waals surface area contributed by atoms with Crippen LogP contribution in [-0.4, -0.2) is 39.8 Å². The fraction of sp³-hybridized carbons (Fsp3) is 0.150. The smallest absolute Gasteiger partial charge is 0.433 e. The molecule has 0 spiro atoms. The second-order valence-electron chi connectivity index (χ2n) is 6.52. The molecule has 4 aromatic rings. The van der Waals surface area contributed by atoms with Crippen molar-refractivity contribution in [2.45, 2.75) is 6.92 Å². The zero-order chi connectivity index (χ0) is 22.8. The number of carbonyl (C=O) groups excluding carboxylic acids is 1. The molecule has 3 heterocycles. The Morgan fingerprint density at radius 3 is 2.66 bits per heavy atom. The summed E-state index contributed by atoms with van der Waals surface area (Å²) in [6, 6.07) is 9.49. The first kappa shape index (κ1) is 21.1. The van der Waals surface area contributed by atoms with Crippen molar-refractivity contribution in [1.29, 1.82) is 0 Å². The van der Waals surface area contributed by atoms with Crippen LogP contribution >= 0.6 is 11.3 Å². The van der Waals surface area contributed by atoms with Gasteiger partial charge in [-0.05, 0) is 31.2 Å². The lowest BCUT2D eigenvalue weighted by Crippen LogP contribution is -2.14. The van der Waals surface area contributed by atoms with Gasteiger partial charge >= 0.3 is 5.88 Å². The third kappa shape index (κ3) is 4.03. The molecule has 0 saturated carbocycles. The monoisotopic (exact) mass is 455 g/mol. The number of benzene rings is 1. The summed E-state index contributed by atoms with van der Waals surface area (Å²) in [5, 5.41) is 20.2. The van der Waals surface area contributed by atoms with E-state index >= 15 is 0 Å². The second-order valence-corrected chi connectivity index (χ2v) is 7.35. The minimum Gasteiger partial charge on any atom is -0.493 e. The average molecular weight is 455 g/mol. The van der Waals surface area contributed by atoms with Crippen LogP contribution < -0.4 is 14.8 Å². The average Bonchev–Trinajstić information content (AvgIpc) is 3.52. The van der Waals surface area contributed by atoms with E-state index in [1.165, 1.54) is 22.1 Å². The van der Waals surface area contributed by atoms with E-state index in [1.54, 1.807) is 33.3 Å².